The third kappa shape index (κ3) is 6.20. The second kappa shape index (κ2) is 11.6. The third-order valence-corrected chi connectivity index (χ3v) is 7.67. The number of carbonyl (C=O) groups excluding carboxylic acids is 3. The summed E-state index contributed by atoms with van der Waals surface area (Å²) >= 11 is 6.08. The van der Waals surface area contributed by atoms with Crippen LogP contribution in [-0.2, 0) is 29.1 Å². The average molecular weight is 489 g/mol. The normalized spacial score (nSPS) is 15.0. The predicted octanol–water partition coefficient (Wildman–Crippen LogP) is 2.33. The van der Waals surface area contributed by atoms with Crippen molar-refractivity contribution in [2.45, 2.75) is 38.5 Å². The van der Waals surface area contributed by atoms with Crippen LogP contribution in [0.1, 0.15) is 44.0 Å². The number of likely N-dealkylation sites (tertiary alicyclic amines) is 1. The van der Waals surface area contributed by atoms with E-state index in [-0.39, 0.29) is 40.5 Å². The fourth-order valence-electron chi connectivity index (χ4n) is 3.45. The number of benzene rings is 1. The first-order valence-corrected chi connectivity index (χ1v) is 12.4. The van der Waals surface area contributed by atoms with Crippen molar-refractivity contribution in [1.29, 1.82) is 0 Å². The quantitative estimate of drug-likeness (QED) is 0.490. The number of halogens is 1. The molecular weight excluding hydrogens is 460 g/mol. The molecule has 0 radical (unpaired) electrons. The molecule has 11 heteroatoms. The molecule has 0 aromatic heterocycles. The van der Waals surface area contributed by atoms with Crippen LogP contribution in [0.3, 0.4) is 0 Å². The van der Waals surface area contributed by atoms with Crippen LogP contribution in [-0.4, -0.2) is 74.9 Å². The Bertz CT molecular complexity index is 939. The zero-order valence-electron chi connectivity index (χ0n) is 18.5. The molecule has 1 amide bonds. The van der Waals surface area contributed by atoms with Gasteiger partial charge in [-0.1, -0.05) is 25.4 Å². The molecule has 9 nitrogen and oxygen atoms in total. The summed E-state index contributed by atoms with van der Waals surface area (Å²) in [6.07, 6.45) is 0.964. The smallest absolute Gasteiger partial charge is 0.340 e. The van der Waals surface area contributed by atoms with Crippen LogP contribution in [0, 0.1) is 5.92 Å². The molecule has 1 heterocycles. The van der Waals surface area contributed by atoms with Crippen molar-refractivity contribution < 1.29 is 32.3 Å². The van der Waals surface area contributed by atoms with E-state index >= 15 is 0 Å². The summed E-state index contributed by atoms with van der Waals surface area (Å²) in [5.41, 5.74) is -0.131. The van der Waals surface area contributed by atoms with E-state index in [1.54, 1.807) is 20.8 Å². The number of carbonyl (C=O) groups is 3. The maximum Gasteiger partial charge on any atom is 0.340 e. The number of piperidine rings is 1. The predicted molar refractivity (Wildman–Crippen MR) is 118 cm³/mol. The number of sulfonamides is 1. The van der Waals surface area contributed by atoms with Gasteiger partial charge in [-0.25, -0.2) is 13.2 Å². The number of esters is 2. The molecule has 0 bridgehead atoms. The molecule has 1 aromatic rings. The van der Waals surface area contributed by atoms with E-state index < -0.39 is 28.5 Å². The summed E-state index contributed by atoms with van der Waals surface area (Å²) in [5, 5.41) is 0.0243. The largest absolute Gasteiger partial charge is 0.466 e. The van der Waals surface area contributed by atoms with E-state index in [2.05, 4.69) is 0 Å². The highest BCUT2D eigenvalue weighted by Crippen LogP contribution is 2.24. The van der Waals surface area contributed by atoms with Crippen LogP contribution in [0.25, 0.3) is 0 Å². The standard InChI is InChI=1S/C21H29ClN2O7S/c1-4-24(5-2)32(28,29)16-7-8-18(22)17(13-16)21(27)31-14-19(25)23-11-9-15(10-12-23)20(26)30-6-3/h7-8,13,15H,4-6,9-12,14H2,1-3H3. The maximum absolute atomic E-state index is 12.7. The zero-order valence-corrected chi connectivity index (χ0v) is 20.1. The topological polar surface area (TPSA) is 110 Å². The summed E-state index contributed by atoms with van der Waals surface area (Å²) < 4.78 is 36.8. The minimum absolute atomic E-state index is 0.0243. The molecule has 1 aliphatic heterocycles. The Labute approximate surface area is 193 Å². The molecule has 1 aromatic carbocycles. The Kier molecular flexibility index (Phi) is 9.47. The lowest BCUT2D eigenvalue weighted by atomic mass is 9.97. The molecule has 32 heavy (non-hydrogen) atoms. The van der Waals surface area contributed by atoms with Gasteiger partial charge in [0.1, 0.15) is 0 Å². The van der Waals surface area contributed by atoms with Crippen molar-refractivity contribution in [2.75, 3.05) is 39.4 Å². The third-order valence-electron chi connectivity index (χ3n) is 5.30. The molecule has 1 aliphatic rings. The van der Waals surface area contributed by atoms with E-state index in [9.17, 15) is 22.8 Å². The number of amides is 1. The SMILES string of the molecule is CCOC(=O)C1CCN(C(=O)COC(=O)c2cc(S(=O)(=O)N(CC)CC)ccc2Cl)CC1. The molecule has 2 rings (SSSR count). The zero-order chi connectivity index (χ0) is 23.9. The van der Waals surface area contributed by atoms with Crippen molar-refractivity contribution in [2.24, 2.45) is 5.92 Å². The van der Waals surface area contributed by atoms with E-state index in [0.29, 0.717) is 32.5 Å². The monoisotopic (exact) mass is 488 g/mol. The highest BCUT2D eigenvalue weighted by molar-refractivity contribution is 7.89. The Hall–Kier alpha value is -2.17. The van der Waals surface area contributed by atoms with Crippen molar-refractivity contribution in [3.63, 3.8) is 0 Å². The summed E-state index contributed by atoms with van der Waals surface area (Å²) in [6.45, 7) is 6.26. The van der Waals surface area contributed by atoms with Gasteiger partial charge in [-0.15, -0.1) is 0 Å². The molecule has 1 fully saturated rings. The van der Waals surface area contributed by atoms with Crippen molar-refractivity contribution in [1.82, 2.24) is 9.21 Å². The number of ether oxygens (including phenoxy) is 2. The van der Waals surface area contributed by atoms with Gasteiger partial charge in [0.05, 0.1) is 28.0 Å². The summed E-state index contributed by atoms with van der Waals surface area (Å²) in [4.78, 5) is 38.2. The van der Waals surface area contributed by atoms with Crippen LogP contribution in [0.15, 0.2) is 23.1 Å². The number of nitrogens with zero attached hydrogens (tertiary/aromatic N) is 2. The molecule has 0 aliphatic carbocycles. The first-order chi connectivity index (χ1) is 15.1. The molecule has 178 valence electrons. The fraction of sp³-hybridized carbons (Fsp3) is 0.571. The van der Waals surface area contributed by atoms with E-state index in [1.807, 2.05) is 0 Å². The number of rotatable bonds is 9. The maximum atomic E-state index is 12.7. The molecule has 0 saturated carbocycles. The summed E-state index contributed by atoms with van der Waals surface area (Å²) in [5.74, 6) is -1.79. The van der Waals surface area contributed by atoms with Crippen LogP contribution >= 0.6 is 11.6 Å². The summed E-state index contributed by atoms with van der Waals surface area (Å²) in [7, 11) is -3.78. The number of hydrogen-bond acceptors (Lipinski definition) is 7. The molecular formula is C21H29ClN2O7S. The lowest BCUT2D eigenvalue weighted by molar-refractivity contribution is -0.151. The highest BCUT2D eigenvalue weighted by atomic mass is 35.5. The highest BCUT2D eigenvalue weighted by Gasteiger charge is 2.29. The summed E-state index contributed by atoms with van der Waals surface area (Å²) in [6, 6.07) is 3.80. The number of hydrogen-bond donors (Lipinski definition) is 0. The Balaban J connectivity index is 2.00. The van der Waals surface area contributed by atoms with Crippen LogP contribution in [0.5, 0.6) is 0 Å². The lowest BCUT2D eigenvalue weighted by Gasteiger charge is -2.30. The van der Waals surface area contributed by atoms with Crippen molar-refractivity contribution in [3.8, 4) is 0 Å². The van der Waals surface area contributed by atoms with Crippen LogP contribution < -0.4 is 0 Å². The second-order valence-electron chi connectivity index (χ2n) is 7.21. The van der Waals surface area contributed by atoms with E-state index in [1.165, 1.54) is 21.3 Å². The Morgan fingerprint density at radius 2 is 1.72 bits per heavy atom. The lowest BCUT2D eigenvalue weighted by Crippen LogP contribution is -2.42. The van der Waals surface area contributed by atoms with Gasteiger partial charge in [-0.2, -0.15) is 4.31 Å². The molecule has 0 unspecified atom stereocenters. The van der Waals surface area contributed by atoms with Gasteiger partial charge in [0.25, 0.3) is 5.91 Å². The van der Waals surface area contributed by atoms with Crippen LogP contribution in [0.4, 0.5) is 0 Å². The molecule has 0 atom stereocenters. The van der Waals surface area contributed by atoms with Gasteiger partial charge in [0.2, 0.25) is 10.0 Å². The Morgan fingerprint density at radius 1 is 1.09 bits per heavy atom. The molecule has 0 spiro atoms. The van der Waals surface area contributed by atoms with Crippen molar-refractivity contribution >= 4 is 39.5 Å². The van der Waals surface area contributed by atoms with Crippen LogP contribution in [0.2, 0.25) is 5.02 Å². The van der Waals surface area contributed by atoms with Gasteiger partial charge >= 0.3 is 11.9 Å². The van der Waals surface area contributed by atoms with Gasteiger partial charge < -0.3 is 14.4 Å². The molecule has 0 N–H and O–H groups in total. The fourth-order valence-corrected chi connectivity index (χ4v) is 5.13. The van der Waals surface area contributed by atoms with Gasteiger partial charge in [-0.3, -0.25) is 9.59 Å². The first kappa shape index (κ1) is 26.1. The van der Waals surface area contributed by atoms with Gasteiger partial charge in [0.15, 0.2) is 6.61 Å². The van der Waals surface area contributed by atoms with E-state index in [0.717, 1.165) is 6.07 Å². The van der Waals surface area contributed by atoms with Crippen molar-refractivity contribution in [3.05, 3.63) is 28.8 Å². The Morgan fingerprint density at radius 3 is 2.28 bits per heavy atom. The first-order valence-electron chi connectivity index (χ1n) is 10.6. The minimum atomic E-state index is -3.78. The van der Waals surface area contributed by atoms with Gasteiger partial charge in [0, 0.05) is 26.2 Å². The molecule has 1 saturated heterocycles. The average Bonchev–Trinajstić information content (AvgIpc) is 2.78. The van der Waals surface area contributed by atoms with E-state index in [4.69, 9.17) is 21.1 Å². The second-order valence-corrected chi connectivity index (χ2v) is 9.56. The minimum Gasteiger partial charge on any atom is -0.466 e. The van der Waals surface area contributed by atoms with Gasteiger partial charge in [-0.05, 0) is 38.0 Å².